The van der Waals surface area contributed by atoms with E-state index in [1.54, 1.807) is 24.3 Å². The van der Waals surface area contributed by atoms with E-state index in [4.69, 9.17) is 21.7 Å². The number of rotatable bonds is 2. The van der Waals surface area contributed by atoms with Gasteiger partial charge in [0.2, 0.25) is 0 Å². The van der Waals surface area contributed by atoms with E-state index in [9.17, 15) is 4.79 Å². The molecule has 0 bridgehead atoms. The smallest absolute Gasteiger partial charge is 0.335 e. The molecule has 0 aromatic heterocycles. The van der Waals surface area contributed by atoms with Crippen LogP contribution in [-0.2, 0) is 6.61 Å². The van der Waals surface area contributed by atoms with Crippen LogP contribution < -0.4 is 11.5 Å². The summed E-state index contributed by atoms with van der Waals surface area (Å²) in [5.74, 6) is -0.952. The van der Waals surface area contributed by atoms with E-state index >= 15 is 0 Å². The van der Waals surface area contributed by atoms with Crippen LogP contribution in [0.15, 0.2) is 48.5 Å². The summed E-state index contributed by atoms with van der Waals surface area (Å²) in [4.78, 5) is 10.3. The number of nitrogens with two attached hydrogens (primary N) is 2. The molecule has 0 heterocycles. The van der Waals surface area contributed by atoms with Crippen molar-refractivity contribution in [2.45, 2.75) is 6.61 Å². The third-order valence-corrected chi connectivity index (χ3v) is 2.27. The number of aliphatic hydroxyl groups is 1. The van der Waals surface area contributed by atoms with Crippen LogP contribution in [0.5, 0.6) is 0 Å². The number of aliphatic hydroxyl groups excluding tert-OH is 1. The molecule has 0 spiro atoms. The number of hydrogen-bond acceptors (Lipinski definition) is 4. The number of carboxylic acids is 1. The molecule has 0 unspecified atom stereocenters. The fraction of sp³-hybridized carbons (Fsp3) is 0.0714. The van der Waals surface area contributed by atoms with E-state index in [2.05, 4.69) is 0 Å². The summed E-state index contributed by atoms with van der Waals surface area (Å²) in [6.45, 7) is 0.0606. The predicted molar refractivity (Wildman–Crippen MR) is 74.6 cm³/mol. The fourth-order valence-corrected chi connectivity index (χ4v) is 1.36. The molecule has 0 radical (unpaired) electrons. The molecule has 5 nitrogen and oxygen atoms in total. The molecule has 2 aromatic carbocycles. The van der Waals surface area contributed by atoms with Crippen LogP contribution in [0, 0.1) is 0 Å². The molecule has 19 heavy (non-hydrogen) atoms. The van der Waals surface area contributed by atoms with Gasteiger partial charge in [-0.15, -0.1) is 0 Å². The average molecular weight is 260 g/mol. The molecular weight excluding hydrogens is 244 g/mol. The molecule has 100 valence electrons. The van der Waals surface area contributed by atoms with E-state index in [-0.39, 0.29) is 12.2 Å². The average Bonchev–Trinajstić information content (AvgIpc) is 2.39. The van der Waals surface area contributed by atoms with Crippen LogP contribution in [-0.4, -0.2) is 16.2 Å². The second-order valence-corrected chi connectivity index (χ2v) is 3.83. The standard InChI is InChI=1S/C7H7NO2.C7H9NO/c8-6-3-1-2-5(4-6)7(9)10;8-7-3-1-2-6(4-7)5-9/h1-4H,8H2,(H,9,10);1-4,9H,5,8H2. The molecule has 0 saturated heterocycles. The number of aromatic carboxylic acids is 1. The molecule has 6 N–H and O–H groups in total. The minimum Gasteiger partial charge on any atom is -0.478 e. The predicted octanol–water partition coefficient (Wildman–Crippen LogP) is 1.73. The van der Waals surface area contributed by atoms with Gasteiger partial charge in [-0.2, -0.15) is 0 Å². The van der Waals surface area contributed by atoms with Gasteiger partial charge in [-0.05, 0) is 35.9 Å². The molecule has 2 rings (SSSR count). The van der Waals surface area contributed by atoms with Gasteiger partial charge in [0, 0.05) is 11.4 Å². The maximum absolute atomic E-state index is 10.3. The summed E-state index contributed by atoms with van der Waals surface area (Å²) in [7, 11) is 0. The Balaban J connectivity index is 0.000000191. The minimum atomic E-state index is -0.952. The molecule has 0 amide bonds. The molecule has 5 heteroatoms. The van der Waals surface area contributed by atoms with Crippen molar-refractivity contribution in [1.82, 2.24) is 0 Å². The Hall–Kier alpha value is -2.53. The highest BCUT2D eigenvalue weighted by Crippen LogP contribution is 2.05. The maximum atomic E-state index is 10.3. The number of carbonyl (C=O) groups is 1. The van der Waals surface area contributed by atoms with Crippen molar-refractivity contribution >= 4 is 17.3 Å². The first-order valence-electron chi connectivity index (χ1n) is 5.57. The van der Waals surface area contributed by atoms with Gasteiger partial charge in [0.15, 0.2) is 0 Å². The molecule has 0 fully saturated rings. The summed E-state index contributed by atoms with van der Waals surface area (Å²) < 4.78 is 0. The van der Waals surface area contributed by atoms with Gasteiger partial charge in [0.05, 0.1) is 12.2 Å². The number of anilines is 2. The van der Waals surface area contributed by atoms with Gasteiger partial charge >= 0.3 is 5.97 Å². The van der Waals surface area contributed by atoms with Crippen LogP contribution in [0.4, 0.5) is 11.4 Å². The Kier molecular flexibility index (Phi) is 5.37. The van der Waals surface area contributed by atoms with Gasteiger partial charge < -0.3 is 21.7 Å². The topological polar surface area (TPSA) is 110 Å². The highest BCUT2D eigenvalue weighted by molar-refractivity contribution is 5.88. The van der Waals surface area contributed by atoms with Crippen LogP contribution in [0.2, 0.25) is 0 Å². The number of carboxylic acid groups (broad SMARTS) is 1. The molecule has 0 saturated carbocycles. The summed E-state index contributed by atoms with van der Waals surface area (Å²) in [6.07, 6.45) is 0. The first kappa shape index (κ1) is 14.5. The Morgan fingerprint density at radius 1 is 1.00 bits per heavy atom. The zero-order chi connectivity index (χ0) is 14.3. The van der Waals surface area contributed by atoms with Crippen molar-refractivity contribution in [3.63, 3.8) is 0 Å². The van der Waals surface area contributed by atoms with Gasteiger partial charge in [0.1, 0.15) is 0 Å². The van der Waals surface area contributed by atoms with Gasteiger partial charge in [-0.1, -0.05) is 18.2 Å². The van der Waals surface area contributed by atoms with Crippen LogP contribution in [0.25, 0.3) is 0 Å². The Labute approximate surface area is 111 Å². The SMILES string of the molecule is Nc1cccc(C(=O)O)c1.Nc1cccc(CO)c1. The van der Waals surface area contributed by atoms with E-state index in [0.29, 0.717) is 11.4 Å². The van der Waals surface area contributed by atoms with E-state index in [1.165, 1.54) is 12.1 Å². The normalized spacial score (nSPS) is 9.32. The molecule has 0 aliphatic rings. The highest BCUT2D eigenvalue weighted by Gasteiger charge is 1.99. The van der Waals surface area contributed by atoms with Gasteiger partial charge in [-0.25, -0.2) is 4.79 Å². The van der Waals surface area contributed by atoms with Crippen LogP contribution >= 0.6 is 0 Å². The number of nitrogen functional groups attached to an aromatic ring is 2. The second-order valence-electron chi connectivity index (χ2n) is 3.83. The second kappa shape index (κ2) is 7.03. The number of hydrogen-bond donors (Lipinski definition) is 4. The highest BCUT2D eigenvalue weighted by atomic mass is 16.4. The fourth-order valence-electron chi connectivity index (χ4n) is 1.36. The van der Waals surface area contributed by atoms with E-state index < -0.39 is 5.97 Å². The Bertz CT molecular complexity index is 556. The van der Waals surface area contributed by atoms with Crippen LogP contribution in [0.1, 0.15) is 15.9 Å². The summed E-state index contributed by atoms with van der Waals surface area (Å²) in [5, 5.41) is 17.1. The van der Waals surface area contributed by atoms with E-state index in [1.807, 2.05) is 12.1 Å². The number of benzene rings is 2. The van der Waals surface area contributed by atoms with Crippen molar-refractivity contribution in [2.24, 2.45) is 0 Å². The zero-order valence-electron chi connectivity index (χ0n) is 10.3. The molecular formula is C14H16N2O3. The quantitative estimate of drug-likeness (QED) is 0.615. The zero-order valence-corrected chi connectivity index (χ0v) is 10.3. The monoisotopic (exact) mass is 260 g/mol. The van der Waals surface area contributed by atoms with Crippen molar-refractivity contribution < 1.29 is 15.0 Å². The lowest BCUT2D eigenvalue weighted by Crippen LogP contribution is -1.96. The van der Waals surface area contributed by atoms with E-state index in [0.717, 1.165) is 5.56 Å². The van der Waals surface area contributed by atoms with Crippen molar-refractivity contribution in [3.05, 3.63) is 59.7 Å². The largest absolute Gasteiger partial charge is 0.478 e. The molecule has 2 aromatic rings. The first-order chi connectivity index (χ1) is 9.02. The van der Waals surface area contributed by atoms with Crippen molar-refractivity contribution in [1.29, 1.82) is 0 Å². The Morgan fingerprint density at radius 3 is 1.95 bits per heavy atom. The molecule has 0 aliphatic heterocycles. The summed E-state index contributed by atoms with van der Waals surface area (Å²) in [5.41, 5.74) is 13.0. The molecule has 0 aliphatic carbocycles. The van der Waals surface area contributed by atoms with Crippen molar-refractivity contribution in [3.8, 4) is 0 Å². The third-order valence-electron chi connectivity index (χ3n) is 2.27. The lowest BCUT2D eigenvalue weighted by atomic mass is 10.2. The summed E-state index contributed by atoms with van der Waals surface area (Å²) >= 11 is 0. The maximum Gasteiger partial charge on any atom is 0.335 e. The third kappa shape index (κ3) is 5.10. The molecule has 0 atom stereocenters. The lowest BCUT2D eigenvalue weighted by Gasteiger charge is -1.94. The summed E-state index contributed by atoms with van der Waals surface area (Å²) in [6, 6.07) is 13.4. The lowest BCUT2D eigenvalue weighted by molar-refractivity contribution is 0.0697. The van der Waals surface area contributed by atoms with Crippen molar-refractivity contribution in [2.75, 3.05) is 11.5 Å². The van der Waals surface area contributed by atoms with Gasteiger partial charge in [0.25, 0.3) is 0 Å². The van der Waals surface area contributed by atoms with Gasteiger partial charge in [-0.3, -0.25) is 0 Å². The Morgan fingerprint density at radius 2 is 1.58 bits per heavy atom. The van der Waals surface area contributed by atoms with Crippen LogP contribution in [0.3, 0.4) is 0 Å². The first-order valence-corrected chi connectivity index (χ1v) is 5.57. The minimum absolute atomic E-state index is 0.0606.